The molecule has 0 atom stereocenters. The van der Waals surface area contributed by atoms with Crippen molar-refractivity contribution in [2.24, 2.45) is 0 Å². The minimum atomic E-state index is 0.466. The summed E-state index contributed by atoms with van der Waals surface area (Å²) in [5, 5.41) is 0. The first-order valence-electron chi connectivity index (χ1n) is 8.91. The van der Waals surface area contributed by atoms with Crippen molar-refractivity contribution < 1.29 is 9.59 Å². The summed E-state index contributed by atoms with van der Waals surface area (Å²) in [6.07, 6.45) is 14.2. The van der Waals surface area contributed by atoms with E-state index in [4.69, 9.17) is 0 Å². The second-order valence-corrected chi connectivity index (χ2v) is 7.02. The average molecular weight is 298 g/mol. The van der Waals surface area contributed by atoms with Crippen molar-refractivity contribution in [3.8, 4) is 0 Å². The molecule has 2 heteroatoms. The van der Waals surface area contributed by atoms with Gasteiger partial charge in [0, 0.05) is 11.1 Å². The highest BCUT2D eigenvalue weighted by Gasteiger charge is 2.23. The summed E-state index contributed by atoms with van der Waals surface area (Å²) in [5.41, 5.74) is 3.91. The molecule has 2 fully saturated rings. The summed E-state index contributed by atoms with van der Waals surface area (Å²) in [4.78, 5) is 23.2. The van der Waals surface area contributed by atoms with E-state index in [-0.39, 0.29) is 0 Å². The predicted octanol–water partition coefficient (Wildman–Crippen LogP) is 5.41. The lowest BCUT2D eigenvalue weighted by atomic mass is 9.77. The molecule has 0 heterocycles. The van der Waals surface area contributed by atoms with E-state index in [1.165, 1.54) is 38.5 Å². The molecular formula is C20H26O2. The molecule has 0 aromatic heterocycles. The molecule has 3 rings (SSSR count). The zero-order valence-corrected chi connectivity index (χ0v) is 13.4. The molecule has 0 aliphatic heterocycles. The first-order valence-corrected chi connectivity index (χ1v) is 8.91. The molecule has 0 radical (unpaired) electrons. The van der Waals surface area contributed by atoms with Gasteiger partial charge in [0.15, 0.2) is 0 Å². The Morgan fingerprint density at radius 1 is 0.636 bits per heavy atom. The second-order valence-electron chi connectivity index (χ2n) is 7.02. The van der Waals surface area contributed by atoms with Crippen LogP contribution in [0.25, 0.3) is 0 Å². The number of carbonyl (C=O) groups excluding carboxylic acids is 2. The van der Waals surface area contributed by atoms with Gasteiger partial charge >= 0.3 is 0 Å². The van der Waals surface area contributed by atoms with Gasteiger partial charge in [0.1, 0.15) is 12.6 Å². The van der Waals surface area contributed by atoms with Gasteiger partial charge in [0.2, 0.25) is 0 Å². The van der Waals surface area contributed by atoms with Gasteiger partial charge in [-0.1, -0.05) is 38.5 Å². The van der Waals surface area contributed by atoms with Crippen LogP contribution in [0.15, 0.2) is 12.1 Å². The molecule has 0 spiro atoms. The van der Waals surface area contributed by atoms with Gasteiger partial charge in [0.25, 0.3) is 0 Å². The SMILES string of the molecule is O=Cc1cc(C2CCCCC2)c(C=O)cc1C1CCCCC1. The first-order chi connectivity index (χ1) is 10.8. The van der Waals surface area contributed by atoms with Crippen LogP contribution in [0, 0.1) is 0 Å². The first kappa shape index (κ1) is 15.5. The molecule has 2 nitrogen and oxygen atoms in total. The van der Waals surface area contributed by atoms with Gasteiger partial charge in [-0.3, -0.25) is 9.59 Å². The molecular weight excluding hydrogens is 272 g/mol. The maximum atomic E-state index is 11.6. The van der Waals surface area contributed by atoms with Gasteiger partial charge in [0.05, 0.1) is 0 Å². The Morgan fingerprint density at radius 3 is 1.32 bits per heavy atom. The van der Waals surface area contributed by atoms with Crippen molar-refractivity contribution in [2.75, 3.05) is 0 Å². The Bertz CT molecular complexity index is 485. The molecule has 118 valence electrons. The minimum absolute atomic E-state index is 0.466. The van der Waals surface area contributed by atoms with Crippen molar-refractivity contribution in [1.29, 1.82) is 0 Å². The lowest BCUT2D eigenvalue weighted by molar-refractivity contribution is 0.111. The summed E-state index contributed by atoms with van der Waals surface area (Å²) >= 11 is 0. The van der Waals surface area contributed by atoms with Crippen molar-refractivity contribution >= 4 is 12.6 Å². The Hall–Kier alpha value is -1.44. The second kappa shape index (κ2) is 7.21. The molecule has 1 aromatic carbocycles. The highest BCUT2D eigenvalue weighted by Crippen LogP contribution is 2.39. The van der Waals surface area contributed by atoms with Crippen LogP contribution in [0.4, 0.5) is 0 Å². The lowest BCUT2D eigenvalue weighted by Gasteiger charge is -2.27. The normalized spacial score (nSPS) is 20.7. The standard InChI is InChI=1S/C20H26O2/c21-13-17-12-20(16-9-5-2-6-10-16)18(14-22)11-19(17)15-7-3-1-4-8-15/h11-16H,1-10H2. The average Bonchev–Trinajstić information content (AvgIpc) is 2.62. The van der Waals surface area contributed by atoms with E-state index in [0.29, 0.717) is 11.8 Å². The number of benzene rings is 1. The summed E-state index contributed by atoms with van der Waals surface area (Å²) in [6, 6.07) is 4.08. The third-order valence-electron chi connectivity index (χ3n) is 5.63. The maximum Gasteiger partial charge on any atom is 0.150 e. The van der Waals surface area contributed by atoms with Crippen LogP contribution in [0.2, 0.25) is 0 Å². The van der Waals surface area contributed by atoms with Crippen LogP contribution in [0.1, 0.15) is 108 Å². The van der Waals surface area contributed by atoms with Crippen LogP contribution in [-0.4, -0.2) is 12.6 Å². The highest BCUT2D eigenvalue weighted by molar-refractivity contribution is 5.84. The summed E-state index contributed by atoms with van der Waals surface area (Å²) in [6.45, 7) is 0. The van der Waals surface area contributed by atoms with E-state index in [9.17, 15) is 9.59 Å². The van der Waals surface area contributed by atoms with Crippen LogP contribution in [0.3, 0.4) is 0 Å². The van der Waals surface area contributed by atoms with Crippen molar-refractivity contribution in [3.05, 3.63) is 34.4 Å². The van der Waals surface area contributed by atoms with Crippen LogP contribution in [-0.2, 0) is 0 Å². The molecule has 22 heavy (non-hydrogen) atoms. The molecule has 1 aromatic rings. The number of hydrogen-bond acceptors (Lipinski definition) is 2. The van der Waals surface area contributed by atoms with E-state index in [2.05, 4.69) is 0 Å². The molecule has 0 saturated heterocycles. The van der Waals surface area contributed by atoms with E-state index in [1.807, 2.05) is 12.1 Å². The number of rotatable bonds is 4. The topological polar surface area (TPSA) is 34.1 Å². The Labute approximate surface area is 133 Å². The maximum absolute atomic E-state index is 11.6. The monoisotopic (exact) mass is 298 g/mol. The van der Waals surface area contributed by atoms with Crippen LogP contribution < -0.4 is 0 Å². The third kappa shape index (κ3) is 3.16. The van der Waals surface area contributed by atoms with Gasteiger partial charge < -0.3 is 0 Å². The summed E-state index contributed by atoms with van der Waals surface area (Å²) in [5.74, 6) is 0.932. The third-order valence-corrected chi connectivity index (χ3v) is 5.63. The molecule has 0 bridgehead atoms. The fourth-order valence-electron chi connectivity index (χ4n) is 4.41. The highest BCUT2D eigenvalue weighted by atomic mass is 16.1. The molecule has 2 saturated carbocycles. The van der Waals surface area contributed by atoms with Gasteiger partial charge in [-0.15, -0.1) is 0 Å². The molecule has 0 N–H and O–H groups in total. The molecule has 0 unspecified atom stereocenters. The fourth-order valence-corrected chi connectivity index (χ4v) is 4.41. The van der Waals surface area contributed by atoms with Gasteiger partial charge in [-0.25, -0.2) is 0 Å². The summed E-state index contributed by atoms with van der Waals surface area (Å²) in [7, 11) is 0. The van der Waals surface area contributed by atoms with Crippen molar-refractivity contribution in [1.82, 2.24) is 0 Å². The summed E-state index contributed by atoms with van der Waals surface area (Å²) < 4.78 is 0. The lowest BCUT2D eigenvalue weighted by Crippen LogP contribution is -2.12. The number of hydrogen-bond donors (Lipinski definition) is 0. The minimum Gasteiger partial charge on any atom is -0.298 e. The van der Waals surface area contributed by atoms with Gasteiger partial charge in [-0.05, 0) is 60.8 Å². The van der Waals surface area contributed by atoms with Crippen molar-refractivity contribution in [2.45, 2.75) is 76.0 Å². The van der Waals surface area contributed by atoms with Crippen molar-refractivity contribution in [3.63, 3.8) is 0 Å². The smallest absolute Gasteiger partial charge is 0.150 e. The largest absolute Gasteiger partial charge is 0.298 e. The molecule has 2 aliphatic carbocycles. The van der Waals surface area contributed by atoms with E-state index >= 15 is 0 Å². The Kier molecular flexibility index (Phi) is 5.07. The van der Waals surface area contributed by atoms with Crippen LogP contribution >= 0.6 is 0 Å². The van der Waals surface area contributed by atoms with E-state index in [1.54, 1.807) is 0 Å². The van der Waals surface area contributed by atoms with Crippen LogP contribution in [0.5, 0.6) is 0 Å². The van der Waals surface area contributed by atoms with E-state index < -0.39 is 0 Å². The Balaban J connectivity index is 1.97. The quantitative estimate of drug-likeness (QED) is 0.697. The zero-order chi connectivity index (χ0) is 15.4. The number of carbonyl (C=O) groups is 2. The zero-order valence-electron chi connectivity index (χ0n) is 13.4. The van der Waals surface area contributed by atoms with E-state index in [0.717, 1.165) is 60.5 Å². The molecule has 0 amide bonds. The van der Waals surface area contributed by atoms with Gasteiger partial charge in [-0.2, -0.15) is 0 Å². The predicted molar refractivity (Wildman–Crippen MR) is 88.9 cm³/mol. The number of aldehydes is 2. The molecule has 2 aliphatic rings. The fraction of sp³-hybridized carbons (Fsp3) is 0.600. The Morgan fingerprint density at radius 2 is 1.00 bits per heavy atom.